The molecule has 0 aromatic heterocycles. The lowest BCUT2D eigenvalue weighted by Crippen LogP contribution is -2.20. The van der Waals surface area contributed by atoms with Crippen LogP contribution in [0.4, 0.5) is 0 Å². The molecule has 82 valence electrons. The molecular weight excluding hydrogens is 250 g/mol. The van der Waals surface area contributed by atoms with Gasteiger partial charge in [0.05, 0.1) is 0 Å². The van der Waals surface area contributed by atoms with Gasteiger partial charge in [0.15, 0.2) is 0 Å². The molecule has 1 heterocycles. The van der Waals surface area contributed by atoms with Crippen LogP contribution >= 0.6 is 15.9 Å². The first-order valence-electron chi connectivity index (χ1n) is 5.70. The summed E-state index contributed by atoms with van der Waals surface area (Å²) in [5.74, 6) is 0.828. The molecular formula is C13H18BrN. The minimum Gasteiger partial charge on any atom is -0.298 e. The van der Waals surface area contributed by atoms with Crippen molar-refractivity contribution in [2.75, 3.05) is 13.1 Å². The van der Waals surface area contributed by atoms with Gasteiger partial charge in [-0.05, 0) is 11.5 Å². The molecule has 1 aliphatic rings. The highest BCUT2D eigenvalue weighted by molar-refractivity contribution is 9.09. The minimum absolute atomic E-state index is 0.686. The van der Waals surface area contributed by atoms with Gasteiger partial charge in [-0.3, -0.25) is 4.90 Å². The van der Waals surface area contributed by atoms with E-state index in [1.165, 1.54) is 25.1 Å². The molecule has 0 radical (unpaired) electrons. The van der Waals surface area contributed by atoms with Crippen molar-refractivity contribution in [1.29, 1.82) is 0 Å². The zero-order chi connectivity index (χ0) is 10.7. The first-order chi connectivity index (χ1) is 7.29. The quantitative estimate of drug-likeness (QED) is 0.760. The molecule has 1 aliphatic heterocycles. The maximum absolute atomic E-state index is 3.78. The first-order valence-corrected chi connectivity index (χ1v) is 6.61. The average Bonchev–Trinajstić information content (AvgIpc) is 2.60. The average molecular weight is 268 g/mol. The Morgan fingerprint density at radius 3 is 2.60 bits per heavy atom. The molecule has 0 amide bonds. The molecule has 0 saturated carbocycles. The second-order valence-electron chi connectivity index (χ2n) is 4.36. The maximum atomic E-state index is 3.78. The van der Waals surface area contributed by atoms with Crippen LogP contribution in [0.5, 0.6) is 0 Å². The fourth-order valence-corrected chi connectivity index (χ4v) is 3.22. The summed E-state index contributed by atoms with van der Waals surface area (Å²) in [6.07, 6.45) is 1.28. The molecule has 2 rings (SSSR count). The van der Waals surface area contributed by atoms with E-state index < -0.39 is 0 Å². The van der Waals surface area contributed by atoms with Crippen LogP contribution in [0.25, 0.3) is 0 Å². The SMILES string of the molecule is CCC1CN(Cc2ccccc2)CC1Br. The van der Waals surface area contributed by atoms with Crippen molar-refractivity contribution < 1.29 is 0 Å². The summed E-state index contributed by atoms with van der Waals surface area (Å²) in [6.45, 7) is 5.80. The molecule has 1 fully saturated rings. The van der Waals surface area contributed by atoms with Crippen molar-refractivity contribution >= 4 is 15.9 Å². The van der Waals surface area contributed by atoms with E-state index in [0.717, 1.165) is 12.5 Å². The lowest BCUT2D eigenvalue weighted by molar-refractivity contribution is 0.315. The highest BCUT2D eigenvalue weighted by atomic mass is 79.9. The predicted molar refractivity (Wildman–Crippen MR) is 68.2 cm³/mol. The van der Waals surface area contributed by atoms with Gasteiger partial charge in [0.25, 0.3) is 0 Å². The third-order valence-electron chi connectivity index (χ3n) is 3.21. The first kappa shape index (κ1) is 11.2. The third kappa shape index (κ3) is 2.82. The van der Waals surface area contributed by atoms with E-state index in [2.05, 4.69) is 58.1 Å². The second kappa shape index (κ2) is 5.13. The highest BCUT2D eigenvalue weighted by Crippen LogP contribution is 2.27. The van der Waals surface area contributed by atoms with Crippen LogP contribution in [-0.4, -0.2) is 22.8 Å². The number of halogens is 1. The molecule has 0 aliphatic carbocycles. The summed E-state index contributed by atoms with van der Waals surface area (Å²) in [7, 11) is 0. The molecule has 0 N–H and O–H groups in total. The number of benzene rings is 1. The number of rotatable bonds is 3. The van der Waals surface area contributed by atoms with E-state index in [1.54, 1.807) is 0 Å². The molecule has 1 aromatic rings. The Labute approximate surface area is 101 Å². The molecule has 1 nitrogen and oxygen atoms in total. The Morgan fingerprint density at radius 2 is 2.00 bits per heavy atom. The van der Waals surface area contributed by atoms with E-state index >= 15 is 0 Å². The second-order valence-corrected chi connectivity index (χ2v) is 5.54. The third-order valence-corrected chi connectivity index (χ3v) is 4.25. The molecule has 1 saturated heterocycles. The fourth-order valence-electron chi connectivity index (χ4n) is 2.27. The van der Waals surface area contributed by atoms with Gasteiger partial charge in [0.1, 0.15) is 0 Å². The van der Waals surface area contributed by atoms with E-state index in [4.69, 9.17) is 0 Å². The Balaban J connectivity index is 1.92. The van der Waals surface area contributed by atoms with Crippen molar-refractivity contribution in [3.8, 4) is 0 Å². The van der Waals surface area contributed by atoms with Crippen molar-refractivity contribution in [1.82, 2.24) is 4.90 Å². The predicted octanol–water partition coefficient (Wildman–Crippen LogP) is 3.29. The molecule has 2 heteroatoms. The number of nitrogens with zero attached hydrogens (tertiary/aromatic N) is 1. The Bertz CT molecular complexity index is 299. The summed E-state index contributed by atoms with van der Waals surface area (Å²) in [6, 6.07) is 10.7. The van der Waals surface area contributed by atoms with E-state index in [9.17, 15) is 0 Å². The number of hydrogen-bond donors (Lipinski definition) is 0. The van der Waals surface area contributed by atoms with Crippen LogP contribution in [0.3, 0.4) is 0 Å². The van der Waals surface area contributed by atoms with Crippen molar-refractivity contribution in [2.24, 2.45) is 5.92 Å². The number of hydrogen-bond acceptors (Lipinski definition) is 1. The monoisotopic (exact) mass is 267 g/mol. The molecule has 0 spiro atoms. The zero-order valence-corrected chi connectivity index (χ0v) is 10.8. The van der Waals surface area contributed by atoms with Gasteiger partial charge in [-0.15, -0.1) is 0 Å². The summed E-state index contributed by atoms with van der Waals surface area (Å²) in [5.41, 5.74) is 1.42. The van der Waals surface area contributed by atoms with Crippen molar-refractivity contribution in [3.05, 3.63) is 35.9 Å². The summed E-state index contributed by atoms with van der Waals surface area (Å²) in [5, 5.41) is 0. The van der Waals surface area contributed by atoms with Gasteiger partial charge in [0, 0.05) is 24.5 Å². The summed E-state index contributed by atoms with van der Waals surface area (Å²) in [4.78, 5) is 3.23. The Hall–Kier alpha value is -0.340. The van der Waals surface area contributed by atoms with Crippen LogP contribution in [0.15, 0.2) is 30.3 Å². The molecule has 2 unspecified atom stereocenters. The standard InChI is InChI=1S/C13H18BrN/c1-2-12-9-15(10-13(12)14)8-11-6-4-3-5-7-11/h3-7,12-13H,2,8-10H2,1H3. The van der Waals surface area contributed by atoms with Crippen LogP contribution in [-0.2, 0) is 6.54 Å². The van der Waals surface area contributed by atoms with E-state index in [1.807, 2.05) is 0 Å². The molecule has 2 atom stereocenters. The van der Waals surface area contributed by atoms with E-state index in [-0.39, 0.29) is 0 Å². The van der Waals surface area contributed by atoms with E-state index in [0.29, 0.717) is 4.83 Å². The van der Waals surface area contributed by atoms with Gasteiger partial charge in [-0.1, -0.05) is 59.6 Å². The van der Waals surface area contributed by atoms with Crippen LogP contribution in [0.2, 0.25) is 0 Å². The lowest BCUT2D eigenvalue weighted by atomic mass is 10.1. The van der Waals surface area contributed by atoms with Gasteiger partial charge >= 0.3 is 0 Å². The number of likely N-dealkylation sites (tertiary alicyclic amines) is 1. The minimum atomic E-state index is 0.686. The molecule has 1 aromatic carbocycles. The van der Waals surface area contributed by atoms with Crippen molar-refractivity contribution in [3.63, 3.8) is 0 Å². The zero-order valence-electron chi connectivity index (χ0n) is 9.20. The van der Waals surface area contributed by atoms with Gasteiger partial charge in [-0.2, -0.15) is 0 Å². The molecule has 15 heavy (non-hydrogen) atoms. The highest BCUT2D eigenvalue weighted by Gasteiger charge is 2.29. The maximum Gasteiger partial charge on any atom is 0.0313 e. The topological polar surface area (TPSA) is 3.24 Å². The summed E-state index contributed by atoms with van der Waals surface area (Å²) >= 11 is 3.78. The normalized spacial score (nSPS) is 27.1. The van der Waals surface area contributed by atoms with Gasteiger partial charge in [-0.25, -0.2) is 0 Å². The Morgan fingerprint density at radius 1 is 1.27 bits per heavy atom. The molecule has 0 bridgehead atoms. The van der Waals surface area contributed by atoms with Gasteiger partial charge < -0.3 is 0 Å². The largest absolute Gasteiger partial charge is 0.298 e. The number of alkyl halides is 1. The van der Waals surface area contributed by atoms with Crippen LogP contribution < -0.4 is 0 Å². The van der Waals surface area contributed by atoms with Crippen LogP contribution in [0.1, 0.15) is 18.9 Å². The van der Waals surface area contributed by atoms with Gasteiger partial charge in [0.2, 0.25) is 0 Å². The lowest BCUT2D eigenvalue weighted by Gasteiger charge is -2.15. The smallest absolute Gasteiger partial charge is 0.0313 e. The van der Waals surface area contributed by atoms with Crippen LogP contribution in [0, 0.1) is 5.92 Å². The fraction of sp³-hybridized carbons (Fsp3) is 0.538. The Kier molecular flexibility index (Phi) is 3.81. The van der Waals surface area contributed by atoms with Crippen molar-refractivity contribution in [2.45, 2.75) is 24.7 Å². The summed E-state index contributed by atoms with van der Waals surface area (Å²) < 4.78 is 0.